The zero-order valence-electron chi connectivity index (χ0n) is 9.26. The summed E-state index contributed by atoms with van der Waals surface area (Å²) < 4.78 is 0. The molecule has 0 bridgehead atoms. The molecule has 1 aliphatic rings. The van der Waals surface area contributed by atoms with Crippen molar-refractivity contribution in [3.8, 4) is 0 Å². The van der Waals surface area contributed by atoms with Crippen molar-refractivity contribution in [3.05, 3.63) is 59.9 Å². The molecule has 0 fully saturated rings. The van der Waals surface area contributed by atoms with E-state index in [1.165, 1.54) is 0 Å². The molecule has 2 heterocycles. The van der Waals surface area contributed by atoms with E-state index >= 15 is 0 Å². The Morgan fingerprint density at radius 2 is 2.06 bits per heavy atom. The zero-order chi connectivity index (χ0) is 11.7. The van der Waals surface area contributed by atoms with Crippen molar-refractivity contribution < 1.29 is 4.79 Å². The number of pyridine rings is 1. The van der Waals surface area contributed by atoms with Crippen LogP contribution in [-0.4, -0.2) is 10.9 Å². The molecule has 3 rings (SSSR count). The molecule has 1 N–H and O–H groups in total. The van der Waals surface area contributed by atoms with Crippen LogP contribution in [0.25, 0.3) is 0 Å². The van der Waals surface area contributed by atoms with Crippen molar-refractivity contribution in [2.24, 2.45) is 0 Å². The molecule has 1 aromatic carbocycles. The van der Waals surface area contributed by atoms with Crippen molar-refractivity contribution in [2.45, 2.75) is 12.3 Å². The van der Waals surface area contributed by atoms with Crippen molar-refractivity contribution in [2.75, 3.05) is 5.32 Å². The lowest BCUT2D eigenvalue weighted by Crippen LogP contribution is -2.14. The summed E-state index contributed by atoms with van der Waals surface area (Å²) >= 11 is 0. The van der Waals surface area contributed by atoms with Gasteiger partial charge in [0.25, 0.3) is 0 Å². The van der Waals surface area contributed by atoms with E-state index in [1.54, 1.807) is 6.20 Å². The van der Waals surface area contributed by atoms with E-state index in [1.807, 2.05) is 42.6 Å². The Kier molecular flexibility index (Phi) is 2.37. The van der Waals surface area contributed by atoms with Crippen LogP contribution in [0.1, 0.15) is 17.0 Å². The van der Waals surface area contributed by atoms with Gasteiger partial charge in [0.15, 0.2) is 0 Å². The lowest BCUT2D eigenvalue weighted by Gasteiger charge is -2.07. The van der Waals surface area contributed by atoms with E-state index < -0.39 is 0 Å². The molecule has 0 spiro atoms. The minimum absolute atomic E-state index is 0.0788. The quantitative estimate of drug-likeness (QED) is 0.850. The monoisotopic (exact) mass is 224 g/mol. The van der Waals surface area contributed by atoms with Crippen LogP contribution in [0.3, 0.4) is 0 Å². The van der Waals surface area contributed by atoms with Gasteiger partial charge in [-0.25, -0.2) is 0 Å². The van der Waals surface area contributed by atoms with Crippen LogP contribution in [0, 0.1) is 0 Å². The van der Waals surface area contributed by atoms with Crippen LogP contribution in [0.2, 0.25) is 0 Å². The summed E-state index contributed by atoms with van der Waals surface area (Å²) in [5, 5.41) is 2.91. The van der Waals surface area contributed by atoms with Crippen LogP contribution < -0.4 is 5.32 Å². The fourth-order valence-electron chi connectivity index (χ4n) is 2.23. The SMILES string of the molecule is O=C1Nc2ccccc2[C@@H]1Cc1cccnc1. The highest BCUT2D eigenvalue weighted by atomic mass is 16.2. The Morgan fingerprint density at radius 1 is 1.18 bits per heavy atom. The Bertz CT molecular complexity index is 551. The van der Waals surface area contributed by atoms with Crippen molar-refractivity contribution in [1.82, 2.24) is 4.98 Å². The van der Waals surface area contributed by atoms with Gasteiger partial charge >= 0.3 is 0 Å². The number of anilines is 1. The molecule has 0 unspecified atom stereocenters. The topological polar surface area (TPSA) is 42.0 Å². The van der Waals surface area contributed by atoms with Gasteiger partial charge in [-0.15, -0.1) is 0 Å². The Hall–Kier alpha value is -2.16. The van der Waals surface area contributed by atoms with Crippen LogP contribution in [-0.2, 0) is 11.2 Å². The molecule has 17 heavy (non-hydrogen) atoms. The number of fused-ring (bicyclic) bond motifs is 1. The van der Waals surface area contributed by atoms with E-state index in [0.717, 1.165) is 16.8 Å². The van der Waals surface area contributed by atoms with Gasteiger partial charge in [-0.1, -0.05) is 24.3 Å². The molecule has 3 heteroatoms. The van der Waals surface area contributed by atoms with E-state index in [0.29, 0.717) is 6.42 Å². The van der Waals surface area contributed by atoms with Gasteiger partial charge in [0, 0.05) is 18.1 Å². The molecular weight excluding hydrogens is 212 g/mol. The predicted molar refractivity (Wildman–Crippen MR) is 65.8 cm³/mol. The van der Waals surface area contributed by atoms with Crippen molar-refractivity contribution in [3.63, 3.8) is 0 Å². The molecule has 1 aliphatic heterocycles. The molecule has 2 aromatic rings. The molecule has 1 atom stereocenters. The van der Waals surface area contributed by atoms with E-state index in [2.05, 4.69) is 10.3 Å². The fraction of sp³-hybridized carbons (Fsp3) is 0.143. The first-order valence-corrected chi connectivity index (χ1v) is 5.63. The van der Waals surface area contributed by atoms with E-state index in [-0.39, 0.29) is 11.8 Å². The number of carbonyl (C=O) groups excluding carboxylic acids is 1. The lowest BCUT2D eigenvalue weighted by molar-refractivity contribution is -0.117. The second kappa shape index (κ2) is 4.01. The van der Waals surface area contributed by atoms with Crippen molar-refractivity contribution >= 4 is 11.6 Å². The van der Waals surface area contributed by atoms with E-state index in [4.69, 9.17) is 0 Å². The summed E-state index contributed by atoms with van der Waals surface area (Å²) in [5.41, 5.74) is 3.11. The number of amides is 1. The molecule has 1 amide bonds. The summed E-state index contributed by atoms with van der Waals surface area (Å²) in [6, 6.07) is 11.8. The Morgan fingerprint density at radius 3 is 2.88 bits per heavy atom. The molecule has 0 saturated carbocycles. The minimum atomic E-state index is -0.0876. The van der Waals surface area contributed by atoms with Gasteiger partial charge in [-0.2, -0.15) is 0 Å². The summed E-state index contributed by atoms with van der Waals surface area (Å²) in [6.45, 7) is 0. The Labute approximate surface area is 99.5 Å². The normalized spacial score (nSPS) is 17.6. The van der Waals surface area contributed by atoms with Crippen LogP contribution in [0.4, 0.5) is 5.69 Å². The highest BCUT2D eigenvalue weighted by Crippen LogP contribution is 2.34. The number of benzene rings is 1. The minimum Gasteiger partial charge on any atom is -0.325 e. The van der Waals surface area contributed by atoms with Gasteiger partial charge in [-0.05, 0) is 29.7 Å². The second-order valence-corrected chi connectivity index (χ2v) is 4.19. The van der Waals surface area contributed by atoms with Gasteiger partial charge < -0.3 is 5.32 Å². The Balaban J connectivity index is 1.92. The number of hydrogen-bond donors (Lipinski definition) is 1. The second-order valence-electron chi connectivity index (χ2n) is 4.19. The number of hydrogen-bond acceptors (Lipinski definition) is 2. The third-order valence-corrected chi connectivity index (χ3v) is 3.07. The highest BCUT2D eigenvalue weighted by Gasteiger charge is 2.29. The fourth-order valence-corrected chi connectivity index (χ4v) is 2.23. The molecule has 1 aromatic heterocycles. The van der Waals surface area contributed by atoms with Gasteiger partial charge in [0.1, 0.15) is 0 Å². The number of aromatic nitrogens is 1. The van der Waals surface area contributed by atoms with Crippen LogP contribution in [0.5, 0.6) is 0 Å². The summed E-state index contributed by atoms with van der Waals surface area (Å²) in [5.74, 6) is -0.00884. The zero-order valence-corrected chi connectivity index (χ0v) is 9.26. The predicted octanol–water partition coefficient (Wildman–Crippen LogP) is 2.36. The third-order valence-electron chi connectivity index (χ3n) is 3.07. The average molecular weight is 224 g/mol. The maximum Gasteiger partial charge on any atom is 0.232 e. The molecule has 84 valence electrons. The number of rotatable bonds is 2. The number of nitrogens with zero attached hydrogens (tertiary/aromatic N) is 1. The average Bonchev–Trinajstić information content (AvgIpc) is 2.68. The molecule has 0 aliphatic carbocycles. The summed E-state index contributed by atoms with van der Waals surface area (Å²) in [4.78, 5) is 16.0. The van der Waals surface area contributed by atoms with Crippen LogP contribution in [0.15, 0.2) is 48.8 Å². The first kappa shape index (κ1) is 10.0. The van der Waals surface area contributed by atoms with Gasteiger partial charge in [0.05, 0.1) is 5.92 Å². The maximum atomic E-state index is 11.9. The molecule has 0 radical (unpaired) electrons. The van der Waals surface area contributed by atoms with E-state index in [9.17, 15) is 4.79 Å². The first-order chi connectivity index (χ1) is 8.34. The first-order valence-electron chi connectivity index (χ1n) is 5.63. The standard InChI is InChI=1S/C14H12N2O/c17-14-12(8-10-4-3-7-15-9-10)11-5-1-2-6-13(11)16-14/h1-7,9,12H,8H2,(H,16,17)/t12-/m0/s1. The number of para-hydroxylation sites is 1. The third kappa shape index (κ3) is 1.80. The summed E-state index contributed by atoms with van der Waals surface area (Å²) in [7, 11) is 0. The number of nitrogens with one attached hydrogen (secondary N) is 1. The number of carbonyl (C=O) groups is 1. The van der Waals surface area contributed by atoms with Gasteiger partial charge in [-0.3, -0.25) is 9.78 Å². The lowest BCUT2D eigenvalue weighted by atomic mass is 9.94. The summed E-state index contributed by atoms with van der Waals surface area (Å²) in [6.07, 6.45) is 4.26. The van der Waals surface area contributed by atoms with Gasteiger partial charge in [0.2, 0.25) is 5.91 Å². The largest absolute Gasteiger partial charge is 0.325 e. The van der Waals surface area contributed by atoms with Crippen molar-refractivity contribution in [1.29, 1.82) is 0 Å². The smallest absolute Gasteiger partial charge is 0.232 e. The molecular formula is C14H12N2O. The molecule has 3 nitrogen and oxygen atoms in total. The highest BCUT2D eigenvalue weighted by molar-refractivity contribution is 6.02. The molecule has 0 saturated heterocycles. The van der Waals surface area contributed by atoms with Crippen LogP contribution >= 0.6 is 0 Å². The maximum absolute atomic E-state index is 11.9.